The molecule has 0 fully saturated rings. The normalized spacial score (nSPS) is 17.8. The van der Waals surface area contributed by atoms with Gasteiger partial charge >= 0.3 is 23.9 Å². The number of fused-ring (bicyclic) bond motifs is 6. The smallest absolute Gasteiger partial charge is 0.344 e. The first-order chi connectivity index (χ1) is 34.5. The number of rotatable bonds is 0. The summed E-state index contributed by atoms with van der Waals surface area (Å²) in [5, 5.41) is 5.44. The number of hydrogen-bond donors (Lipinski definition) is 0. The van der Waals surface area contributed by atoms with Crippen molar-refractivity contribution in [2.45, 2.75) is 0 Å². The van der Waals surface area contributed by atoms with E-state index < -0.39 is 23.9 Å². The molecule has 6 aromatic carbocycles. The molecule has 0 amide bonds. The Morgan fingerprint density at radius 2 is 0.371 bits per heavy atom. The van der Waals surface area contributed by atoms with Gasteiger partial charge in [-0.05, 0) is 0 Å². The van der Waals surface area contributed by atoms with Crippen LogP contribution in [0.3, 0.4) is 0 Å². The van der Waals surface area contributed by atoms with Crippen molar-refractivity contribution in [2.75, 3.05) is 132 Å². The maximum absolute atomic E-state index is 12.7. The van der Waals surface area contributed by atoms with Gasteiger partial charge < -0.3 is 66.3 Å². The van der Waals surface area contributed by atoms with Gasteiger partial charge in [-0.3, -0.25) is 0 Å². The van der Waals surface area contributed by atoms with Crippen LogP contribution in [-0.2, 0) is 66.5 Å². The van der Waals surface area contributed by atoms with Crippen LogP contribution in [-0.4, -0.2) is 156 Å². The molecule has 0 unspecified atom stereocenters. The van der Waals surface area contributed by atoms with Gasteiger partial charge in [-0.1, -0.05) is 97.1 Å². The standard InChI is InChI=1S/C52H56O18/c53-45-33-67-49-37-9-1-2-10-38(37)50(40-12-4-3-11-39(40)49)68-34-46(54)64-30-26-60-22-18-58-20-24-62-28-32-66-48(56)36-70-52-43-15-7-5-13-41(43)51(42-14-6-8-16-44(42)52)69-35-47(55)65-31-27-61-23-19-57-17-21-59-25-29-63-45/h1-16H,17-36H2. The van der Waals surface area contributed by atoms with E-state index in [1.807, 2.05) is 97.1 Å². The highest BCUT2D eigenvalue weighted by molar-refractivity contribution is 6.12. The Hall–Kier alpha value is -6.80. The summed E-state index contributed by atoms with van der Waals surface area (Å²) in [5.74, 6) is -0.438. The number of cyclic esters (lactones) is 4. The van der Waals surface area contributed by atoms with Crippen LogP contribution in [0.2, 0.25) is 0 Å². The van der Waals surface area contributed by atoms with Crippen molar-refractivity contribution in [3.05, 3.63) is 97.1 Å². The molecule has 6 aromatic rings. The zero-order chi connectivity index (χ0) is 48.6. The second-order valence-electron chi connectivity index (χ2n) is 15.2. The summed E-state index contributed by atoms with van der Waals surface area (Å²) in [6.07, 6.45) is 0. The zero-order valence-corrected chi connectivity index (χ0v) is 38.7. The number of benzene rings is 6. The first-order valence-corrected chi connectivity index (χ1v) is 22.9. The van der Waals surface area contributed by atoms with Crippen molar-refractivity contribution >= 4 is 67.0 Å². The van der Waals surface area contributed by atoms with E-state index in [9.17, 15) is 19.2 Å². The molecule has 0 radical (unpaired) electrons. The first kappa shape index (κ1) is 51.1. The van der Waals surface area contributed by atoms with Crippen LogP contribution < -0.4 is 18.9 Å². The number of hydrogen-bond acceptors (Lipinski definition) is 18. The van der Waals surface area contributed by atoms with Crippen LogP contribution in [0.4, 0.5) is 0 Å². The maximum Gasteiger partial charge on any atom is 0.344 e. The van der Waals surface area contributed by atoms with Crippen molar-refractivity contribution in [2.24, 2.45) is 0 Å². The molecule has 0 saturated heterocycles. The van der Waals surface area contributed by atoms with E-state index in [-0.39, 0.29) is 132 Å². The third-order valence-corrected chi connectivity index (χ3v) is 10.5. The molecule has 18 nitrogen and oxygen atoms in total. The minimum Gasteiger partial charge on any atom is -0.481 e. The lowest BCUT2D eigenvalue weighted by atomic mass is 10.0. The van der Waals surface area contributed by atoms with Gasteiger partial charge in [0.25, 0.3) is 0 Å². The molecule has 372 valence electrons. The summed E-state index contributed by atoms with van der Waals surface area (Å²) in [6, 6.07) is 29.5. The molecule has 1 aliphatic rings. The molecular formula is C52H56O18. The Bertz CT molecular complexity index is 2180. The third kappa shape index (κ3) is 15.1. The molecular weight excluding hydrogens is 913 g/mol. The molecule has 1 heterocycles. The van der Waals surface area contributed by atoms with E-state index in [0.29, 0.717) is 66.1 Å². The summed E-state index contributed by atoms with van der Waals surface area (Å²) in [7, 11) is 0. The van der Waals surface area contributed by atoms with Crippen molar-refractivity contribution in [3.63, 3.8) is 0 Å². The minimum atomic E-state index is -0.576. The first-order valence-electron chi connectivity index (χ1n) is 22.9. The maximum atomic E-state index is 12.7. The van der Waals surface area contributed by atoms with Crippen molar-refractivity contribution in [3.8, 4) is 23.0 Å². The summed E-state index contributed by atoms with van der Waals surface area (Å²) in [5.41, 5.74) is 0. The quantitative estimate of drug-likeness (QED) is 0.100. The summed E-state index contributed by atoms with van der Waals surface area (Å²) < 4.78 is 78.8. The van der Waals surface area contributed by atoms with Gasteiger partial charge in [-0.15, -0.1) is 0 Å². The molecule has 0 saturated carbocycles. The number of carbonyl (C=O) groups is 4. The van der Waals surface area contributed by atoms with Gasteiger partial charge in [0.05, 0.1) is 79.3 Å². The molecule has 0 aliphatic carbocycles. The Labute approximate surface area is 403 Å². The van der Waals surface area contributed by atoms with E-state index in [1.165, 1.54) is 0 Å². The summed E-state index contributed by atoms with van der Waals surface area (Å²) >= 11 is 0. The molecule has 70 heavy (non-hydrogen) atoms. The predicted octanol–water partition coefficient (Wildman–Crippen LogP) is 5.80. The van der Waals surface area contributed by atoms with Crippen LogP contribution in [0.15, 0.2) is 97.1 Å². The topological polar surface area (TPSA) is 197 Å². The molecule has 0 N–H and O–H groups in total. The fourth-order valence-corrected chi connectivity index (χ4v) is 7.35. The van der Waals surface area contributed by atoms with Crippen LogP contribution in [0.25, 0.3) is 43.1 Å². The Kier molecular flexibility index (Phi) is 20.4. The van der Waals surface area contributed by atoms with E-state index >= 15 is 0 Å². The Morgan fingerprint density at radius 1 is 0.214 bits per heavy atom. The molecule has 18 heteroatoms. The van der Waals surface area contributed by atoms with E-state index in [2.05, 4.69) is 0 Å². The highest BCUT2D eigenvalue weighted by Crippen LogP contribution is 2.44. The van der Waals surface area contributed by atoms with Crippen molar-refractivity contribution < 1.29 is 85.5 Å². The van der Waals surface area contributed by atoms with E-state index in [0.717, 1.165) is 0 Å². The molecule has 0 atom stereocenters. The van der Waals surface area contributed by atoms with Crippen LogP contribution in [0.5, 0.6) is 23.0 Å². The average Bonchev–Trinajstić information content (AvgIpc) is 3.38. The lowest BCUT2D eigenvalue weighted by Crippen LogP contribution is -2.20. The predicted molar refractivity (Wildman–Crippen MR) is 254 cm³/mol. The largest absolute Gasteiger partial charge is 0.481 e. The molecule has 4 bridgehead atoms. The molecule has 7 rings (SSSR count). The van der Waals surface area contributed by atoms with Gasteiger partial charge in [0.2, 0.25) is 0 Å². The lowest BCUT2D eigenvalue weighted by molar-refractivity contribution is -0.148. The fraction of sp³-hybridized carbons (Fsp3) is 0.385. The number of esters is 4. The average molecular weight is 969 g/mol. The summed E-state index contributed by atoms with van der Waals surface area (Å²) in [6.45, 7) is 1.53. The number of carbonyl (C=O) groups excluding carboxylic acids is 4. The van der Waals surface area contributed by atoms with Crippen molar-refractivity contribution in [1.29, 1.82) is 0 Å². The third-order valence-electron chi connectivity index (χ3n) is 10.5. The molecule has 0 aromatic heterocycles. The number of ether oxygens (including phenoxy) is 14. The van der Waals surface area contributed by atoms with Gasteiger partial charge in [-0.25, -0.2) is 19.2 Å². The molecule has 1 aliphatic heterocycles. The monoisotopic (exact) mass is 968 g/mol. The van der Waals surface area contributed by atoms with E-state index in [4.69, 9.17) is 66.3 Å². The minimum absolute atomic E-state index is 0.0175. The van der Waals surface area contributed by atoms with Crippen LogP contribution in [0, 0.1) is 0 Å². The molecule has 0 spiro atoms. The highest BCUT2D eigenvalue weighted by atomic mass is 16.6. The second kappa shape index (κ2) is 28.0. The van der Waals surface area contributed by atoms with Gasteiger partial charge in [0, 0.05) is 43.1 Å². The SMILES string of the molecule is O=C1COc2c3ccccc3c(c3ccccc23)OCC(=O)OCCOCCOCCOCCOC(=O)COc2c3ccccc3c(c3ccccc23)OCC(=O)OCCOCCOCCOCCO1. The van der Waals surface area contributed by atoms with Gasteiger partial charge in [0.1, 0.15) is 49.4 Å². The van der Waals surface area contributed by atoms with E-state index in [1.54, 1.807) is 0 Å². The second-order valence-corrected chi connectivity index (χ2v) is 15.2. The summed E-state index contributed by atoms with van der Waals surface area (Å²) in [4.78, 5) is 50.8. The Balaban J connectivity index is 0.898. The lowest BCUT2D eigenvalue weighted by Gasteiger charge is -2.17. The highest BCUT2D eigenvalue weighted by Gasteiger charge is 2.20. The Morgan fingerprint density at radius 3 is 0.543 bits per heavy atom. The van der Waals surface area contributed by atoms with Crippen LogP contribution >= 0.6 is 0 Å². The van der Waals surface area contributed by atoms with Gasteiger partial charge in [0.15, 0.2) is 26.4 Å². The zero-order valence-electron chi connectivity index (χ0n) is 38.7. The van der Waals surface area contributed by atoms with Gasteiger partial charge in [-0.2, -0.15) is 0 Å². The fourth-order valence-electron chi connectivity index (χ4n) is 7.35. The van der Waals surface area contributed by atoms with Crippen molar-refractivity contribution in [1.82, 2.24) is 0 Å². The van der Waals surface area contributed by atoms with Crippen LogP contribution in [0.1, 0.15) is 0 Å².